The lowest BCUT2D eigenvalue weighted by atomic mass is 10.2. The van der Waals surface area contributed by atoms with Crippen LogP contribution in [0.4, 0.5) is 5.95 Å². The van der Waals surface area contributed by atoms with Gasteiger partial charge in [-0.25, -0.2) is 18.7 Å². The number of thiol groups is 1. The van der Waals surface area contributed by atoms with Gasteiger partial charge in [0, 0.05) is 0 Å². The van der Waals surface area contributed by atoms with E-state index in [0.29, 0.717) is 0 Å². The molecular formula is C10H22N5O16P3S. The number of nitrogen functional groups attached to an aromatic ring is 1. The second-order valence-corrected chi connectivity index (χ2v) is 9.72. The molecule has 25 heteroatoms. The predicted octanol–water partition coefficient (Wildman–Crippen LogP) is -4.53. The van der Waals surface area contributed by atoms with Gasteiger partial charge in [0.2, 0.25) is 5.95 Å². The number of aliphatic hydroxyl groups excluding tert-OH is 2. The van der Waals surface area contributed by atoms with Gasteiger partial charge in [0.1, 0.15) is 6.10 Å². The van der Waals surface area contributed by atoms with Crippen molar-refractivity contribution in [3.05, 3.63) is 16.7 Å². The van der Waals surface area contributed by atoms with Gasteiger partial charge in [0.25, 0.3) is 5.56 Å². The standard InChI is InChI=1S/C10H13N5O4S.3H3O4P/c11-10-13-7-4(8(18)14-10)12-2-15(7)9-6(20)5(17)3(1-16)19-9;3*1-5(2,3)4/h2-3,5-6,9,16-17,20H,1H2,(H3,11,13,14,18);3*(H3,1,2,3,4)/t3-,5-,6-,9-;;;/m1.../s1. The lowest BCUT2D eigenvalue weighted by Crippen LogP contribution is -2.30. The van der Waals surface area contributed by atoms with Gasteiger partial charge in [-0.15, -0.1) is 0 Å². The number of H-pyrrole nitrogens is 1. The van der Waals surface area contributed by atoms with Gasteiger partial charge < -0.3 is 64.7 Å². The van der Waals surface area contributed by atoms with E-state index in [9.17, 15) is 9.90 Å². The number of rotatable bonds is 2. The van der Waals surface area contributed by atoms with Crippen LogP contribution in [0.1, 0.15) is 6.23 Å². The Morgan fingerprint density at radius 3 is 1.83 bits per heavy atom. The number of nitrogens with zero attached hydrogens (tertiary/aromatic N) is 3. The maximum Gasteiger partial charge on any atom is 0.466 e. The van der Waals surface area contributed by atoms with E-state index in [-0.39, 0.29) is 23.7 Å². The van der Waals surface area contributed by atoms with Crippen molar-refractivity contribution in [2.45, 2.75) is 23.7 Å². The van der Waals surface area contributed by atoms with E-state index in [2.05, 4.69) is 27.6 Å². The minimum atomic E-state index is -4.64. The van der Waals surface area contributed by atoms with Gasteiger partial charge in [-0.2, -0.15) is 17.6 Å². The summed E-state index contributed by atoms with van der Waals surface area (Å²) < 4.78 is 33.6. The zero-order chi connectivity index (χ0) is 27.9. The fourth-order valence-electron chi connectivity index (χ4n) is 2.24. The Kier molecular flexibility index (Phi) is 12.8. The number of hydrogen-bond donors (Lipinski definition) is 14. The van der Waals surface area contributed by atoms with Gasteiger partial charge in [-0.05, 0) is 0 Å². The fourth-order valence-corrected chi connectivity index (χ4v) is 2.65. The van der Waals surface area contributed by atoms with Crippen LogP contribution in [0.3, 0.4) is 0 Å². The molecule has 0 amide bonds. The highest BCUT2D eigenvalue weighted by Crippen LogP contribution is 2.34. The van der Waals surface area contributed by atoms with Crippen LogP contribution in [-0.2, 0) is 18.4 Å². The predicted molar refractivity (Wildman–Crippen MR) is 115 cm³/mol. The van der Waals surface area contributed by atoms with Gasteiger partial charge in [-0.1, -0.05) is 0 Å². The summed E-state index contributed by atoms with van der Waals surface area (Å²) in [5.74, 6) is -0.0442. The molecule has 14 N–H and O–H groups in total. The molecular weight excluding hydrogens is 571 g/mol. The van der Waals surface area contributed by atoms with Crippen molar-refractivity contribution >= 4 is 53.2 Å². The molecule has 0 radical (unpaired) electrons. The van der Waals surface area contributed by atoms with Gasteiger partial charge >= 0.3 is 23.5 Å². The lowest BCUT2D eigenvalue weighted by molar-refractivity contribution is -0.0430. The van der Waals surface area contributed by atoms with E-state index in [0.717, 1.165) is 0 Å². The van der Waals surface area contributed by atoms with Crippen molar-refractivity contribution in [1.82, 2.24) is 19.5 Å². The van der Waals surface area contributed by atoms with E-state index in [1.165, 1.54) is 10.9 Å². The molecule has 3 rings (SSSR count). The summed E-state index contributed by atoms with van der Waals surface area (Å²) in [7, 11) is -13.9. The van der Waals surface area contributed by atoms with Crippen molar-refractivity contribution in [2.75, 3.05) is 12.3 Å². The molecule has 0 bridgehead atoms. The van der Waals surface area contributed by atoms with E-state index in [1.807, 2.05) is 0 Å². The quantitative estimate of drug-likeness (QED) is 0.115. The number of aliphatic hydroxyl groups is 2. The van der Waals surface area contributed by atoms with Crippen molar-refractivity contribution in [2.24, 2.45) is 0 Å². The molecule has 0 unspecified atom stereocenters. The number of imidazole rings is 1. The Hall–Kier alpha value is -1.29. The molecule has 1 saturated heterocycles. The number of phosphoric acid groups is 3. The van der Waals surface area contributed by atoms with Crippen LogP contribution in [0.25, 0.3) is 11.2 Å². The van der Waals surface area contributed by atoms with Gasteiger partial charge in [0.05, 0.1) is 24.3 Å². The summed E-state index contributed by atoms with van der Waals surface area (Å²) in [5.41, 5.74) is 5.40. The number of anilines is 1. The van der Waals surface area contributed by atoms with Crippen LogP contribution >= 0.6 is 36.1 Å². The highest BCUT2D eigenvalue weighted by atomic mass is 32.1. The monoisotopic (exact) mass is 593 g/mol. The number of nitrogens with two attached hydrogens (primary N) is 1. The summed E-state index contributed by atoms with van der Waals surface area (Å²) >= 11 is 4.28. The molecule has 2 aromatic rings. The smallest absolute Gasteiger partial charge is 0.394 e. The number of fused-ring (bicyclic) bond motifs is 1. The summed E-state index contributed by atoms with van der Waals surface area (Å²) in [5, 5.41) is 18.4. The Morgan fingerprint density at radius 1 is 1.03 bits per heavy atom. The number of ether oxygens (including phenoxy) is 1. The molecule has 204 valence electrons. The van der Waals surface area contributed by atoms with Gasteiger partial charge in [0.15, 0.2) is 17.4 Å². The molecule has 0 spiro atoms. The first kappa shape index (κ1) is 33.7. The van der Waals surface area contributed by atoms with Crippen molar-refractivity contribution in [3.63, 3.8) is 0 Å². The first-order chi connectivity index (χ1) is 15.5. The number of aromatic amines is 1. The van der Waals surface area contributed by atoms with Crippen LogP contribution in [0.15, 0.2) is 11.1 Å². The Balaban J connectivity index is 0.000000635. The average Bonchev–Trinajstić information content (AvgIpc) is 3.12. The molecule has 3 heterocycles. The second-order valence-electron chi connectivity index (χ2n) is 6.04. The van der Waals surface area contributed by atoms with Crippen LogP contribution in [0.5, 0.6) is 0 Å². The summed E-state index contributed by atoms with van der Waals surface area (Å²) in [6, 6.07) is 0. The number of nitrogens with one attached hydrogen (secondary N) is 1. The molecule has 1 fully saturated rings. The number of hydrogen-bond acceptors (Lipinski definition) is 11. The van der Waals surface area contributed by atoms with E-state index in [1.54, 1.807) is 0 Å². The molecule has 1 aliphatic heterocycles. The summed E-state index contributed by atoms with van der Waals surface area (Å²) in [6.45, 7) is -0.336. The first-order valence-corrected chi connectivity index (χ1v) is 13.4. The molecule has 0 saturated carbocycles. The minimum Gasteiger partial charge on any atom is -0.394 e. The third-order valence-electron chi connectivity index (χ3n) is 3.24. The van der Waals surface area contributed by atoms with Crippen molar-refractivity contribution in [3.8, 4) is 0 Å². The van der Waals surface area contributed by atoms with E-state index >= 15 is 0 Å². The van der Waals surface area contributed by atoms with Crippen molar-refractivity contribution < 1.29 is 72.7 Å². The maximum atomic E-state index is 11.7. The third-order valence-corrected chi connectivity index (χ3v) is 3.80. The van der Waals surface area contributed by atoms with E-state index < -0.39 is 52.7 Å². The molecule has 4 atom stereocenters. The Morgan fingerprint density at radius 2 is 1.46 bits per heavy atom. The topological polar surface area (TPSA) is 373 Å². The molecule has 0 aliphatic carbocycles. The fraction of sp³-hybridized carbons (Fsp3) is 0.500. The molecule has 2 aromatic heterocycles. The van der Waals surface area contributed by atoms with Crippen LogP contribution < -0.4 is 11.3 Å². The normalized spacial score (nSPS) is 22.3. The highest BCUT2D eigenvalue weighted by Gasteiger charge is 2.43. The van der Waals surface area contributed by atoms with E-state index in [4.69, 9.17) is 73.3 Å². The summed E-state index contributed by atoms with van der Waals surface area (Å²) in [4.78, 5) is 86.7. The lowest BCUT2D eigenvalue weighted by Gasteiger charge is -2.16. The maximum absolute atomic E-state index is 11.7. The highest BCUT2D eigenvalue weighted by molar-refractivity contribution is 7.81. The molecule has 0 aromatic carbocycles. The summed E-state index contributed by atoms with van der Waals surface area (Å²) in [6.07, 6.45) is -1.03. The Labute approximate surface area is 198 Å². The average molecular weight is 593 g/mol. The molecule has 1 aliphatic rings. The zero-order valence-electron chi connectivity index (χ0n) is 16.8. The van der Waals surface area contributed by atoms with Crippen LogP contribution in [0, 0.1) is 0 Å². The van der Waals surface area contributed by atoms with Gasteiger partial charge in [-0.3, -0.25) is 14.3 Å². The zero-order valence-corrected chi connectivity index (χ0v) is 20.3. The minimum absolute atomic E-state index is 0.0442. The van der Waals surface area contributed by atoms with Crippen molar-refractivity contribution in [1.29, 1.82) is 0 Å². The number of aromatic nitrogens is 4. The molecule has 35 heavy (non-hydrogen) atoms. The van der Waals surface area contributed by atoms with Crippen LogP contribution in [-0.4, -0.2) is 97.8 Å². The second kappa shape index (κ2) is 13.3. The third kappa shape index (κ3) is 14.8. The Bertz CT molecular complexity index is 1080. The molecule has 21 nitrogen and oxygen atoms in total. The van der Waals surface area contributed by atoms with Crippen LogP contribution in [0.2, 0.25) is 0 Å². The largest absolute Gasteiger partial charge is 0.466 e. The first-order valence-electron chi connectivity index (χ1n) is 8.22. The SMILES string of the molecule is Nc1nc2c(ncn2[C@@H]2O[C@H](CO)[C@@H](O)[C@H]2S)c(=O)[nH]1.O=P(O)(O)O.O=P(O)(O)O.O=P(O)(O)O.